The van der Waals surface area contributed by atoms with E-state index in [4.69, 9.17) is 10.00 Å². The third kappa shape index (κ3) is 6.80. The molecule has 202 valence electrons. The van der Waals surface area contributed by atoms with E-state index in [2.05, 4.69) is 40.1 Å². The monoisotopic (exact) mass is 530 g/mol. The van der Waals surface area contributed by atoms with E-state index >= 15 is 0 Å². The Hall–Kier alpha value is -3.80. The molecule has 5 rings (SSSR count). The van der Waals surface area contributed by atoms with Crippen molar-refractivity contribution in [1.29, 1.82) is 5.26 Å². The molecule has 6 nitrogen and oxygen atoms in total. The molecule has 3 aromatic carbocycles. The number of rotatable bonds is 8. The van der Waals surface area contributed by atoms with Gasteiger partial charge in [-0.05, 0) is 60.4 Å². The highest BCUT2D eigenvalue weighted by molar-refractivity contribution is 5.94. The average Bonchev–Trinajstić information content (AvgIpc) is 3.50. The van der Waals surface area contributed by atoms with Crippen molar-refractivity contribution in [3.8, 4) is 6.07 Å². The van der Waals surface area contributed by atoms with Gasteiger partial charge in [0.15, 0.2) is 0 Å². The number of ether oxygens (including phenoxy) is 1. The fraction of sp³-hybridized carbons (Fsp3) is 0.355. The van der Waals surface area contributed by atoms with Crippen molar-refractivity contribution in [2.45, 2.75) is 25.6 Å². The molecule has 1 amide bonds. The van der Waals surface area contributed by atoms with Gasteiger partial charge in [-0.2, -0.15) is 5.26 Å². The van der Waals surface area contributed by atoms with Crippen molar-refractivity contribution in [1.82, 2.24) is 9.80 Å². The van der Waals surface area contributed by atoms with Crippen LogP contribution in [0.2, 0.25) is 0 Å². The molecular formula is C31H32F2N4O2. The lowest BCUT2D eigenvalue weighted by molar-refractivity contribution is 0.00343. The molecule has 2 aliphatic heterocycles. The van der Waals surface area contributed by atoms with Crippen molar-refractivity contribution in [3.63, 3.8) is 0 Å². The third-order valence-corrected chi connectivity index (χ3v) is 7.44. The Morgan fingerprint density at radius 3 is 2.26 bits per heavy atom. The summed E-state index contributed by atoms with van der Waals surface area (Å²) in [7, 11) is 0. The summed E-state index contributed by atoms with van der Waals surface area (Å²) in [4.78, 5) is 19.2. The first-order chi connectivity index (χ1) is 19.0. The summed E-state index contributed by atoms with van der Waals surface area (Å²) in [5.41, 5.74) is 3.94. The molecule has 0 aromatic heterocycles. The van der Waals surface area contributed by atoms with Gasteiger partial charge in [-0.1, -0.05) is 24.3 Å². The normalized spacial score (nSPS) is 16.7. The van der Waals surface area contributed by atoms with Crippen LogP contribution in [0.15, 0.2) is 66.7 Å². The standard InChI is InChI=1S/C31H32F2N4O2/c32-27-16-26(17-28(33)19-27)31(38)37-14-12-35(13-15-37)21-30(39-22-24-8-6-23(20-34)7-9-24)25-4-3-5-29(18-25)36-10-1-2-11-36/h3-9,16-19,30H,1-2,10-15,21-22H2/t30-/m0/s1. The van der Waals surface area contributed by atoms with Crippen LogP contribution < -0.4 is 4.90 Å². The van der Waals surface area contributed by atoms with E-state index in [1.54, 1.807) is 17.0 Å². The Kier molecular flexibility index (Phi) is 8.50. The van der Waals surface area contributed by atoms with E-state index in [-0.39, 0.29) is 17.6 Å². The van der Waals surface area contributed by atoms with Gasteiger partial charge in [0.1, 0.15) is 11.6 Å². The van der Waals surface area contributed by atoms with Crippen LogP contribution in [0.3, 0.4) is 0 Å². The summed E-state index contributed by atoms with van der Waals surface area (Å²) in [5.74, 6) is -1.87. The fourth-order valence-electron chi connectivity index (χ4n) is 5.25. The van der Waals surface area contributed by atoms with Crippen molar-refractivity contribution < 1.29 is 18.3 Å². The molecule has 2 heterocycles. The molecule has 8 heteroatoms. The number of amides is 1. The number of hydrogen-bond donors (Lipinski definition) is 0. The van der Waals surface area contributed by atoms with Crippen LogP contribution in [-0.4, -0.2) is 61.5 Å². The second-order valence-corrected chi connectivity index (χ2v) is 10.1. The molecule has 0 bridgehead atoms. The Morgan fingerprint density at radius 1 is 0.897 bits per heavy atom. The number of benzene rings is 3. The lowest BCUT2D eigenvalue weighted by Gasteiger charge is -2.36. The number of halogens is 2. The van der Waals surface area contributed by atoms with Crippen LogP contribution in [-0.2, 0) is 11.3 Å². The average molecular weight is 531 g/mol. The second kappa shape index (κ2) is 12.4. The molecule has 0 saturated carbocycles. The summed E-state index contributed by atoms with van der Waals surface area (Å²) >= 11 is 0. The lowest BCUT2D eigenvalue weighted by Crippen LogP contribution is -2.49. The van der Waals surface area contributed by atoms with Gasteiger partial charge < -0.3 is 14.5 Å². The first-order valence-electron chi connectivity index (χ1n) is 13.4. The zero-order valence-electron chi connectivity index (χ0n) is 21.9. The summed E-state index contributed by atoms with van der Waals surface area (Å²) in [6.07, 6.45) is 2.21. The van der Waals surface area contributed by atoms with Crippen molar-refractivity contribution in [3.05, 3.63) is 101 Å². The third-order valence-electron chi connectivity index (χ3n) is 7.44. The zero-order valence-corrected chi connectivity index (χ0v) is 21.9. The SMILES string of the molecule is N#Cc1ccc(CO[C@@H](CN2CCN(C(=O)c3cc(F)cc(F)c3)CC2)c2cccc(N3CCCC3)c2)cc1. The van der Waals surface area contributed by atoms with Crippen LogP contribution in [0.4, 0.5) is 14.5 Å². The molecular weight excluding hydrogens is 498 g/mol. The number of piperazine rings is 1. The summed E-state index contributed by atoms with van der Waals surface area (Å²) in [6.45, 7) is 5.37. The van der Waals surface area contributed by atoms with Crippen LogP contribution in [0.25, 0.3) is 0 Å². The molecule has 39 heavy (non-hydrogen) atoms. The second-order valence-electron chi connectivity index (χ2n) is 10.1. The number of carbonyl (C=O) groups is 1. The Bertz CT molecular complexity index is 1310. The molecule has 3 aromatic rings. The minimum absolute atomic E-state index is 0.0308. The van der Waals surface area contributed by atoms with Gasteiger partial charge in [-0.3, -0.25) is 9.69 Å². The summed E-state index contributed by atoms with van der Waals surface area (Å²) in [6, 6.07) is 21.0. The first kappa shape index (κ1) is 26.8. The van der Waals surface area contributed by atoms with E-state index in [1.165, 1.54) is 18.5 Å². The van der Waals surface area contributed by atoms with Gasteiger partial charge >= 0.3 is 0 Å². The van der Waals surface area contributed by atoms with Crippen molar-refractivity contribution in [2.75, 3.05) is 50.7 Å². The quantitative estimate of drug-likeness (QED) is 0.403. The molecule has 0 unspecified atom stereocenters. The summed E-state index contributed by atoms with van der Waals surface area (Å²) < 4.78 is 33.7. The maximum absolute atomic E-state index is 13.6. The maximum Gasteiger partial charge on any atom is 0.254 e. The number of carbonyl (C=O) groups excluding carboxylic acids is 1. The largest absolute Gasteiger partial charge is 0.372 e. The molecule has 2 saturated heterocycles. The highest BCUT2D eigenvalue weighted by atomic mass is 19.1. The van der Waals surface area contributed by atoms with E-state index in [1.807, 2.05) is 12.1 Å². The van der Waals surface area contributed by atoms with Gasteiger partial charge in [0.2, 0.25) is 0 Å². The number of nitriles is 1. The first-order valence-corrected chi connectivity index (χ1v) is 13.4. The topological polar surface area (TPSA) is 59.8 Å². The van der Waals surface area contributed by atoms with Gasteiger partial charge in [0.05, 0.1) is 24.3 Å². The molecule has 0 radical (unpaired) electrons. The van der Waals surface area contributed by atoms with Crippen molar-refractivity contribution in [2.24, 2.45) is 0 Å². The van der Waals surface area contributed by atoms with Gasteiger partial charge in [-0.25, -0.2) is 8.78 Å². The van der Waals surface area contributed by atoms with E-state index < -0.39 is 11.6 Å². The molecule has 1 atom stereocenters. The Labute approximate surface area is 228 Å². The van der Waals surface area contributed by atoms with Crippen LogP contribution in [0, 0.1) is 23.0 Å². The van der Waals surface area contributed by atoms with E-state index in [9.17, 15) is 13.6 Å². The van der Waals surface area contributed by atoms with Gasteiger partial charge in [0.25, 0.3) is 5.91 Å². The highest BCUT2D eigenvalue weighted by Crippen LogP contribution is 2.28. The number of anilines is 1. The van der Waals surface area contributed by atoms with Crippen LogP contribution in [0.5, 0.6) is 0 Å². The summed E-state index contributed by atoms with van der Waals surface area (Å²) in [5, 5.41) is 9.09. The minimum Gasteiger partial charge on any atom is -0.372 e. The van der Waals surface area contributed by atoms with Crippen LogP contribution in [0.1, 0.15) is 46.0 Å². The lowest BCUT2D eigenvalue weighted by atomic mass is 10.1. The van der Waals surface area contributed by atoms with E-state index in [0.29, 0.717) is 44.9 Å². The predicted molar refractivity (Wildman–Crippen MR) is 145 cm³/mol. The van der Waals surface area contributed by atoms with Crippen molar-refractivity contribution >= 4 is 11.6 Å². The molecule has 2 aliphatic rings. The Balaban J connectivity index is 1.26. The van der Waals surface area contributed by atoms with Gasteiger partial charge in [-0.15, -0.1) is 0 Å². The highest BCUT2D eigenvalue weighted by Gasteiger charge is 2.26. The molecule has 0 spiro atoms. The molecule has 0 N–H and O–H groups in total. The van der Waals surface area contributed by atoms with E-state index in [0.717, 1.165) is 42.4 Å². The smallest absolute Gasteiger partial charge is 0.254 e. The maximum atomic E-state index is 13.6. The molecule has 0 aliphatic carbocycles. The van der Waals surface area contributed by atoms with Crippen LogP contribution >= 0.6 is 0 Å². The molecule has 2 fully saturated rings. The zero-order chi connectivity index (χ0) is 27.2. The minimum atomic E-state index is -0.754. The fourth-order valence-corrected chi connectivity index (χ4v) is 5.25. The predicted octanol–water partition coefficient (Wildman–Crippen LogP) is 5.15. The Morgan fingerprint density at radius 2 is 1.59 bits per heavy atom. The number of hydrogen-bond acceptors (Lipinski definition) is 5. The number of nitrogens with zero attached hydrogens (tertiary/aromatic N) is 4. The van der Waals surface area contributed by atoms with Gasteiger partial charge in [0, 0.05) is 63.1 Å².